The molecule has 5 heteroatoms. The van der Waals surface area contributed by atoms with Crippen molar-refractivity contribution in [1.82, 2.24) is 14.7 Å². The highest BCUT2D eigenvalue weighted by Crippen LogP contribution is 2.25. The lowest BCUT2D eigenvalue weighted by atomic mass is 9.88. The van der Waals surface area contributed by atoms with E-state index in [1.54, 1.807) is 0 Å². The van der Waals surface area contributed by atoms with Gasteiger partial charge in [0.25, 0.3) is 0 Å². The zero-order valence-electron chi connectivity index (χ0n) is 17.0. The molecule has 0 radical (unpaired) electrons. The van der Waals surface area contributed by atoms with Gasteiger partial charge in [-0.25, -0.2) is 0 Å². The molecule has 1 aromatic rings. The van der Waals surface area contributed by atoms with E-state index in [1.165, 1.54) is 5.56 Å². The molecular weight excluding hydrogens is 338 g/mol. The molecule has 0 aliphatic carbocycles. The van der Waals surface area contributed by atoms with Crippen LogP contribution in [0.15, 0.2) is 30.3 Å². The highest BCUT2D eigenvalue weighted by molar-refractivity contribution is 5.84. The predicted molar refractivity (Wildman–Crippen MR) is 107 cm³/mol. The van der Waals surface area contributed by atoms with Crippen LogP contribution in [0.2, 0.25) is 0 Å². The van der Waals surface area contributed by atoms with E-state index in [4.69, 9.17) is 0 Å². The van der Waals surface area contributed by atoms with Gasteiger partial charge in [0.1, 0.15) is 0 Å². The molecule has 0 bridgehead atoms. The SMILES string of the molecule is CCC(C)(C)C(=O)N1CCCN([C@H]2CCN(Cc3ccccc3)C2=O)CC1. The lowest BCUT2D eigenvalue weighted by molar-refractivity contribution is -0.140. The van der Waals surface area contributed by atoms with E-state index < -0.39 is 0 Å². The Morgan fingerprint density at radius 3 is 2.52 bits per heavy atom. The summed E-state index contributed by atoms with van der Waals surface area (Å²) in [6.45, 7) is 10.9. The molecule has 2 saturated heterocycles. The van der Waals surface area contributed by atoms with Crippen molar-refractivity contribution in [3.05, 3.63) is 35.9 Å². The third-order valence-electron chi connectivity index (χ3n) is 6.21. The van der Waals surface area contributed by atoms with Crippen molar-refractivity contribution in [3.63, 3.8) is 0 Å². The summed E-state index contributed by atoms with van der Waals surface area (Å²) in [7, 11) is 0. The topological polar surface area (TPSA) is 43.9 Å². The zero-order valence-corrected chi connectivity index (χ0v) is 17.0. The molecule has 3 rings (SSSR count). The first kappa shape index (κ1) is 19.9. The number of carbonyl (C=O) groups is 2. The number of carbonyl (C=O) groups excluding carboxylic acids is 2. The fraction of sp³-hybridized carbons (Fsp3) is 0.636. The molecule has 148 valence electrons. The minimum Gasteiger partial charge on any atom is -0.341 e. The summed E-state index contributed by atoms with van der Waals surface area (Å²) in [5.41, 5.74) is 0.881. The minimum atomic E-state index is -0.301. The molecule has 1 aromatic carbocycles. The maximum absolute atomic E-state index is 12.9. The molecule has 0 saturated carbocycles. The van der Waals surface area contributed by atoms with E-state index in [0.717, 1.165) is 52.0 Å². The number of nitrogens with zero attached hydrogens (tertiary/aromatic N) is 3. The van der Waals surface area contributed by atoms with Gasteiger partial charge < -0.3 is 9.80 Å². The Labute approximate surface area is 163 Å². The molecule has 1 atom stereocenters. The fourth-order valence-corrected chi connectivity index (χ4v) is 4.05. The second-order valence-corrected chi connectivity index (χ2v) is 8.47. The molecule has 0 spiro atoms. The summed E-state index contributed by atoms with van der Waals surface area (Å²) in [5, 5.41) is 0. The van der Waals surface area contributed by atoms with Crippen LogP contribution in [0.25, 0.3) is 0 Å². The van der Waals surface area contributed by atoms with Crippen LogP contribution in [-0.4, -0.2) is 65.3 Å². The molecule has 2 aliphatic rings. The number of hydrogen-bond acceptors (Lipinski definition) is 3. The van der Waals surface area contributed by atoms with Gasteiger partial charge in [-0.05, 0) is 24.8 Å². The van der Waals surface area contributed by atoms with E-state index in [1.807, 2.05) is 41.8 Å². The Bertz CT molecular complexity index is 659. The fourth-order valence-electron chi connectivity index (χ4n) is 4.05. The zero-order chi connectivity index (χ0) is 19.4. The van der Waals surface area contributed by atoms with Gasteiger partial charge in [-0.2, -0.15) is 0 Å². The van der Waals surface area contributed by atoms with E-state index >= 15 is 0 Å². The maximum atomic E-state index is 12.9. The summed E-state index contributed by atoms with van der Waals surface area (Å²) >= 11 is 0. The third kappa shape index (κ3) is 4.52. The second-order valence-electron chi connectivity index (χ2n) is 8.47. The van der Waals surface area contributed by atoms with Gasteiger partial charge in [0, 0.05) is 44.7 Å². The molecular formula is C22H33N3O2. The van der Waals surface area contributed by atoms with Crippen molar-refractivity contribution in [3.8, 4) is 0 Å². The van der Waals surface area contributed by atoms with E-state index in [-0.39, 0.29) is 23.3 Å². The minimum absolute atomic E-state index is 0.0250. The van der Waals surface area contributed by atoms with Gasteiger partial charge >= 0.3 is 0 Å². The van der Waals surface area contributed by atoms with Crippen LogP contribution in [0.3, 0.4) is 0 Å². The van der Waals surface area contributed by atoms with Crippen LogP contribution in [0, 0.1) is 5.41 Å². The number of rotatable bonds is 5. The van der Waals surface area contributed by atoms with Crippen LogP contribution in [0.4, 0.5) is 0 Å². The number of likely N-dealkylation sites (tertiary alicyclic amines) is 1. The lowest BCUT2D eigenvalue weighted by Crippen LogP contribution is -2.45. The standard InChI is InChI=1S/C22H33N3O2/c1-4-22(2,3)21(27)24-13-8-12-23(15-16-24)19-11-14-25(20(19)26)17-18-9-6-5-7-10-18/h5-7,9-10,19H,4,8,11-17H2,1-3H3/t19-/m0/s1. The molecule has 0 aromatic heterocycles. The summed E-state index contributed by atoms with van der Waals surface area (Å²) in [5.74, 6) is 0.489. The van der Waals surface area contributed by atoms with Gasteiger partial charge in [-0.1, -0.05) is 51.1 Å². The average Bonchev–Trinajstić information content (AvgIpc) is 2.88. The molecule has 0 unspecified atom stereocenters. The highest BCUT2D eigenvalue weighted by Gasteiger charge is 2.37. The van der Waals surface area contributed by atoms with E-state index in [2.05, 4.69) is 24.0 Å². The van der Waals surface area contributed by atoms with Crippen LogP contribution in [-0.2, 0) is 16.1 Å². The largest absolute Gasteiger partial charge is 0.341 e. The third-order valence-corrected chi connectivity index (χ3v) is 6.21. The Morgan fingerprint density at radius 1 is 1.07 bits per heavy atom. The van der Waals surface area contributed by atoms with Gasteiger partial charge in [-0.15, -0.1) is 0 Å². The number of amides is 2. The Kier molecular flexibility index (Phi) is 6.20. The van der Waals surface area contributed by atoms with Crippen LogP contribution < -0.4 is 0 Å². The Morgan fingerprint density at radius 2 is 1.81 bits per heavy atom. The average molecular weight is 372 g/mol. The lowest BCUT2D eigenvalue weighted by Gasteiger charge is -2.31. The maximum Gasteiger partial charge on any atom is 0.240 e. The van der Waals surface area contributed by atoms with E-state index in [9.17, 15) is 9.59 Å². The van der Waals surface area contributed by atoms with Crippen molar-refractivity contribution < 1.29 is 9.59 Å². The number of hydrogen-bond donors (Lipinski definition) is 0. The van der Waals surface area contributed by atoms with Crippen LogP contribution in [0.1, 0.15) is 45.6 Å². The van der Waals surface area contributed by atoms with Gasteiger partial charge in [-0.3, -0.25) is 14.5 Å². The van der Waals surface area contributed by atoms with Crippen LogP contribution >= 0.6 is 0 Å². The first-order chi connectivity index (χ1) is 12.9. The summed E-state index contributed by atoms with van der Waals surface area (Å²) < 4.78 is 0. The summed E-state index contributed by atoms with van der Waals surface area (Å²) in [4.78, 5) is 32.0. The first-order valence-corrected chi connectivity index (χ1v) is 10.3. The molecule has 2 fully saturated rings. The summed E-state index contributed by atoms with van der Waals surface area (Å²) in [6.07, 6.45) is 2.68. The monoisotopic (exact) mass is 371 g/mol. The van der Waals surface area contributed by atoms with E-state index in [0.29, 0.717) is 6.54 Å². The molecule has 2 heterocycles. The molecule has 27 heavy (non-hydrogen) atoms. The van der Waals surface area contributed by atoms with Crippen molar-refractivity contribution >= 4 is 11.8 Å². The quantitative estimate of drug-likeness (QED) is 0.799. The second kappa shape index (κ2) is 8.42. The summed E-state index contributed by atoms with van der Waals surface area (Å²) in [6, 6.07) is 10.2. The van der Waals surface area contributed by atoms with Gasteiger partial charge in [0.2, 0.25) is 11.8 Å². The molecule has 0 N–H and O–H groups in total. The number of benzene rings is 1. The molecule has 2 aliphatic heterocycles. The Hall–Kier alpha value is -1.88. The van der Waals surface area contributed by atoms with Crippen molar-refractivity contribution in [1.29, 1.82) is 0 Å². The predicted octanol–water partition coefficient (Wildman–Crippen LogP) is 2.76. The Balaban J connectivity index is 1.58. The molecule has 2 amide bonds. The van der Waals surface area contributed by atoms with Crippen molar-refractivity contribution in [2.45, 2.75) is 52.6 Å². The highest BCUT2D eigenvalue weighted by atomic mass is 16.2. The normalized spacial score (nSPS) is 22.2. The first-order valence-electron chi connectivity index (χ1n) is 10.3. The molecule has 5 nitrogen and oxygen atoms in total. The van der Waals surface area contributed by atoms with Gasteiger partial charge in [0.05, 0.1) is 6.04 Å². The van der Waals surface area contributed by atoms with Crippen molar-refractivity contribution in [2.75, 3.05) is 32.7 Å². The van der Waals surface area contributed by atoms with Crippen molar-refractivity contribution in [2.24, 2.45) is 5.41 Å². The van der Waals surface area contributed by atoms with Crippen LogP contribution in [0.5, 0.6) is 0 Å². The smallest absolute Gasteiger partial charge is 0.240 e. The van der Waals surface area contributed by atoms with Gasteiger partial charge in [0.15, 0.2) is 0 Å².